The molecule has 26 heavy (non-hydrogen) atoms. The van der Waals surface area contributed by atoms with Gasteiger partial charge in [0.15, 0.2) is 0 Å². The number of nitriles is 1. The van der Waals surface area contributed by atoms with E-state index in [9.17, 15) is 5.26 Å². The summed E-state index contributed by atoms with van der Waals surface area (Å²) in [6, 6.07) is 9.39. The molecular formula is C18H22N6O2. The summed E-state index contributed by atoms with van der Waals surface area (Å²) in [5, 5.41) is 9.27. The first kappa shape index (κ1) is 17.9. The fourth-order valence-corrected chi connectivity index (χ4v) is 2.83. The zero-order valence-electron chi connectivity index (χ0n) is 14.5. The second-order valence-electron chi connectivity index (χ2n) is 5.98. The molecule has 2 aromatic rings. The molecule has 8 nitrogen and oxygen atoms in total. The Kier molecular flexibility index (Phi) is 5.84. The zero-order chi connectivity index (χ0) is 18.4. The number of rotatable bonds is 6. The first-order chi connectivity index (χ1) is 12.7. The first-order valence-corrected chi connectivity index (χ1v) is 8.54. The number of nitrogens with two attached hydrogens (primary N) is 2. The third-order valence-electron chi connectivity index (χ3n) is 4.18. The van der Waals surface area contributed by atoms with Gasteiger partial charge in [-0.2, -0.15) is 10.2 Å². The highest BCUT2D eigenvalue weighted by atomic mass is 16.5. The lowest BCUT2D eigenvalue weighted by Gasteiger charge is -2.26. The van der Waals surface area contributed by atoms with Crippen LogP contribution in [-0.4, -0.2) is 54.3 Å². The van der Waals surface area contributed by atoms with Crippen molar-refractivity contribution in [2.75, 3.05) is 50.9 Å². The minimum absolute atomic E-state index is 0.0416. The lowest BCUT2D eigenvalue weighted by molar-refractivity contribution is 0.0358. The van der Waals surface area contributed by atoms with Crippen LogP contribution in [-0.2, 0) is 4.74 Å². The van der Waals surface area contributed by atoms with Crippen LogP contribution in [0.3, 0.4) is 0 Å². The van der Waals surface area contributed by atoms with Crippen LogP contribution in [0.4, 0.5) is 11.8 Å². The quantitative estimate of drug-likeness (QED) is 0.744. The maximum Gasteiger partial charge on any atom is 0.222 e. The second-order valence-corrected chi connectivity index (χ2v) is 5.98. The van der Waals surface area contributed by atoms with E-state index in [0.717, 1.165) is 50.6 Å². The average molecular weight is 354 g/mol. The van der Waals surface area contributed by atoms with Gasteiger partial charge in [0.25, 0.3) is 0 Å². The van der Waals surface area contributed by atoms with Gasteiger partial charge in [-0.1, -0.05) is 0 Å². The van der Waals surface area contributed by atoms with Crippen LogP contribution in [0.15, 0.2) is 24.3 Å². The Bertz CT molecular complexity index is 782. The van der Waals surface area contributed by atoms with Crippen LogP contribution < -0.4 is 16.2 Å². The minimum Gasteiger partial charge on any atom is -0.494 e. The maximum absolute atomic E-state index is 9.27. The lowest BCUT2D eigenvalue weighted by atomic mass is 10.1. The molecule has 1 saturated heterocycles. The van der Waals surface area contributed by atoms with Gasteiger partial charge in [-0.3, -0.25) is 4.90 Å². The maximum atomic E-state index is 9.27. The summed E-state index contributed by atoms with van der Waals surface area (Å²) in [6.45, 7) is 5.25. The lowest BCUT2D eigenvalue weighted by Crippen LogP contribution is -2.37. The van der Waals surface area contributed by atoms with Crippen molar-refractivity contribution in [2.24, 2.45) is 0 Å². The van der Waals surface area contributed by atoms with Crippen LogP contribution in [0.25, 0.3) is 11.3 Å². The predicted molar refractivity (Wildman–Crippen MR) is 98.4 cm³/mol. The molecule has 1 aromatic heterocycles. The number of morpholine rings is 1. The van der Waals surface area contributed by atoms with E-state index in [4.69, 9.17) is 20.9 Å². The highest BCUT2D eigenvalue weighted by Gasteiger charge is 2.13. The topological polar surface area (TPSA) is 123 Å². The normalized spacial score (nSPS) is 14.7. The van der Waals surface area contributed by atoms with Crippen molar-refractivity contribution in [3.63, 3.8) is 0 Å². The summed E-state index contributed by atoms with van der Waals surface area (Å²) in [7, 11) is 0. The molecule has 3 rings (SSSR count). The monoisotopic (exact) mass is 354 g/mol. The van der Waals surface area contributed by atoms with Crippen molar-refractivity contribution in [1.29, 1.82) is 5.26 Å². The van der Waals surface area contributed by atoms with E-state index in [2.05, 4.69) is 14.9 Å². The molecule has 1 fully saturated rings. The average Bonchev–Trinajstić information content (AvgIpc) is 2.66. The number of anilines is 2. The number of hydrogen-bond acceptors (Lipinski definition) is 8. The van der Waals surface area contributed by atoms with E-state index in [-0.39, 0.29) is 17.3 Å². The molecule has 4 N–H and O–H groups in total. The largest absolute Gasteiger partial charge is 0.494 e. The molecule has 1 aromatic carbocycles. The second kappa shape index (κ2) is 8.47. The van der Waals surface area contributed by atoms with Gasteiger partial charge < -0.3 is 20.9 Å². The van der Waals surface area contributed by atoms with Crippen molar-refractivity contribution >= 4 is 11.8 Å². The van der Waals surface area contributed by atoms with E-state index >= 15 is 0 Å². The molecule has 0 atom stereocenters. The Hall–Kier alpha value is -2.89. The number of hydrogen-bond donors (Lipinski definition) is 2. The van der Waals surface area contributed by atoms with Gasteiger partial charge in [-0.05, 0) is 30.7 Å². The predicted octanol–water partition coefficient (Wildman–Crippen LogP) is 1.28. The highest BCUT2D eigenvalue weighted by Crippen LogP contribution is 2.26. The standard InChI is InChI=1S/C18H22N6O2/c19-12-15-16(22-18(21)23-17(15)20)13-2-4-14(5-3-13)26-9-1-6-24-7-10-25-11-8-24/h2-5H,1,6-11H2,(H4,20,21,22,23). The summed E-state index contributed by atoms with van der Waals surface area (Å²) in [5.74, 6) is 0.891. The summed E-state index contributed by atoms with van der Waals surface area (Å²) in [6.07, 6.45) is 0.958. The van der Waals surface area contributed by atoms with Crippen LogP contribution >= 0.6 is 0 Å². The van der Waals surface area contributed by atoms with E-state index in [0.29, 0.717) is 12.3 Å². The van der Waals surface area contributed by atoms with Gasteiger partial charge in [0.05, 0.1) is 25.5 Å². The first-order valence-electron chi connectivity index (χ1n) is 8.54. The SMILES string of the molecule is N#Cc1c(N)nc(N)nc1-c1ccc(OCCCN2CCOCC2)cc1. The molecular weight excluding hydrogens is 332 g/mol. The third-order valence-corrected chi connectivity index (χ3v) is 4.18. The molecule has 1 aliphatic heterocycles. The zero-order valence-corrected chi connectivity index (χ0v) is 14.5. The van der Waals surface area contributed by atoms with Gasteiger partial charge >= 0.3 is 0 Å². The molecule has 0 unspecified atom stereocenters. The fraction of sp³-hybridized carbons (Fsp3) is 0.389. The van der Waals surface area contributed by atoms with Crippen LogP contribution in [0, 0.1) is 11.3 Å². The summed E-state index contributed by atoms with van der Waals surface area (Å²) in [5.41, 5.74) is 12.8. The molecule has 0 amide bonds. The Labute approximate surface area is 152 Å². The number of nitrogen functional groups attached to an aromatic ring is 2. The van der Waals surface area contributed by atoms with Crippen LogP contribution in [0.2, 0.25) is 0 Å². The van der Waals surface area contributed by atoms with Crippen molar-refractivity contribution in [2.45, 2.75) is 6.42 Å². The molecule has 136 valence electrons. The van der Waals surface area contributed by atoms with Gasteiger partial charge in [-0.15, -0.1) is 0 Å². The summed E-state index contributed by atoms with van der Waals surface area (Å²) < 4.78 is 11.1. The van der Waals surface area contributed by atoms with Gasteiger partial charge in [0.1, 0.15) is 23.2 Å². The molecule has 2 heterocycles. The number of nitrogens with zero attached hydrogens (tertiary/aromatic N) is 4. The van der Waals surface area contributed by atoms with E-state index in [1.165, 1.54) is 0 Å². The van der Waals surface area contributed by atoms with Gasteiger partial charge in [0, 0.05) is 25.2 Å². The van der Waals surface area contributed by atoms with Crippen molar-refractivity contribution in [3.05, 3.63) is 29.8 Å². The Balaban J connectivity index is 1.58. The molecule has 8 heteroatoms. The van der Waals surface area contributed by atoms with Gasteiger partial charge in [0.2, 0.25) is 5.95 Å². The number of aromatic nitrogens is 2. The summed E-state index contributed by atoms with van der Waals surface area (Å²) in [4.78, 5) is 10.3. The Morgan fingerprint density at radius 3 is 2.58 bits per heavy atom. The van der Waals surface area contributed by atoms with Crippen LogP contribution in [0.1, 0.15) is 12.0 Å². The molecule has 0 aliphatic carbocycles. The molecule has 0 bridgehead atoms. The molecule has 0 radical (unpaired) electrons. The van der Waals surface area contributed by atoms with E-state index in [1.54, 1.807) is 0 Å². The minimum atomic E-state index is 0.0416. The van der Waals surface area contributed by atoms with Crippen molar-refractivity contribution < 1.29 is 9.47 Å². The smallest absolute Gasteiger partial charge is 0.222 e. The fourth-order valence-electron chi connectivity index (χ4n) is 2.83. The Morgan fingerprint density at radius 1 is 1.15 bits per heavy atom. The third kappa shape index (κ3) is 4.39. The van der Waals surface area contributed by atoms with Gasteiger partial charge in [-0.25, -0.2) is 4.98 Å². The molecule has 1 aliphatic rings. The Morgan fingerprint density at radius 2 is 1.88 bits per heavy atom. The van der Waals surface area contributed by atoms with Crippen molar-refractivity contribution in [1.82, 2.24) is 14.9 Å². The summed E-state index contributed by atoms with van der Waals surface area (Å²) >= 11 is 0. The highest BCUT2D eigenvalue weighted by molar-refractivity contribution is 5.73. The number of benzene rings is 1. The van der Waals surface area contributed by atoms with Crippen molar-refractivity contribution in [3.8, 4) is 23.1 Å². The van der Waals surface area contributed by atoms with Crippen LogP contribution in [0.5, 0.6) is 5.75 Å². The molecule has 0 saturated carbocycles. The van der Waals surface area contributed by atoms with E-state index < -0.39 is 0 Å². The molecule has 0 spiro atoms. The van der Waals surface area contributed by atoms with E-state index in [1.807, 2.05) is 30.3 Å². The number of ether oxygens (including phenoxy) is 2.